The lowest BCUT2D eigenvalue weighted by Gasteiger charge is -2.42. The summed E-state index contributed by atoms with van der Waals surface area (Å²) in [4.78, 5) is 58.4. The highest BCUT2D eigenvalue weighted by molar-refractivity contribution is 7.19. The number of benzene rings is 2. The van der Waals surface area contributed by atoms with E-state index in [2.05, 4.69) is 53.5 Å². The van der Waals surface area contributed by atoms with E-state index in [1.54, 1.807) is 49.5 Å². The summed E-state index contributed by atoms with van der Waals surface area (Å²) in [6.45, 7) is 7.30. The number of aromatic nitrogens is 4. The molecule has 0 spiro atoms. The maximum absolute atomic E-state index is 13.3. The van der Waals surface area contributed by atoms with Crippen LogP contribution >= 0.6 is 22.7 Å². The van der Waals surface area contributed by atoms with Crippen molar-refractivity contribution < 1.29 is 24.2 Å². The fraction of sp³-hybridized carbons (Fsp3) is 0.404. The van der Waals surface area contributed by atoms with E-state index in [1.807, 2.05) is 42.5 Å². The molecule has 2 atom stereocenters. The Bertz CT molecular complexity index is 2890. The maximum atomic E-state index is 13.3. The van der Waals surface area contributed by atoms with Crippen molar-refractivity contribution in [2.24, 2.45) is 20.8 Å². The van der Waals surface area contributed by atoms with Gasteiger partial charge in [-0.1, -0.05) is 13.8 Å². The average Bonchev–Trinajstić information content (AvgIpc) is 4.09. The lowest BCUT2D eigenvalue weighted by atomic mass is 9.70. The lowest BCUT2D eigenvalue weighted by molar-refractivity contribution is -0.150. The molecule has 2 aromatic carbocycles. The minimum Gasteiger partial charge on any atom is -0.495 e. The molecular formula is C47H49N9O5S2. The molecule has 4 aromatic heterocycles. The van der Waals surface area contributed by atoms with Crippen molar-refractivity contribution in [1.29, 1.82) is 0 Å². The number of carboxylic acids is 1. The molecule has 3 aliphatic heterocycles. The van der Waals surface area contributed by atoms with Crippen LogP contribution in [-0.2, 0) is 48.4 Å². The number of thiophene rings is 2. The normalized spacial score (nSPS) is 20.3. The van der Waals surface area contributed by atoms with Crippen molar-refractivity contribution in [3.63, 3.8) is 0 Å². The highest BCUT2D eigenvalue weighted by atomic mass is 32.1. The molecule has 0 radical (unpaired) electrons. The Morgan fingerprint density at radius 2 is 1.22 bits per heavy atom. The number of nitrogens with zero attached hydrogens (tertiary/aromatic N) is 7. The maximum Gasteiger partial charge on any atom is 0.309 e. The molecule has 11 rings (SSSR count). The number of hydrogen-bond acceptors (Lipinski definition) is 14. The van der Waals surface area contributed by atoms with Crippen molar-refractivity contribution in [2.75, 3.05) is 37.9 Å². The second kappa shape index (κ2) is 16.3. The van der Waals surface area contributed by atoms with Crippen LogP contribution in [0.15, 0.2) is 46.9 Å². The molecule has 1 amide bonds. The van der Waals surface area contributed by atoms with Gasteiger partial charge >= 0.3 is 5.97 Å². The molecule has 6 aromatic rings. The van der Waals surface area contributed by atoms with Gasteiger partial charge < -0.3 is 30.1 Å². The van der Waals surface area contributed by atoms with E-state index >= 15 is 0 Å². The van der Waals surface area contributed by atoms with Gasteiger partial charge in [-0.05, 0) is 115 Å². The van der Waals surface area contributed by atoms with Crippen LogP contribution in [0.1, 0.15) is 89.1 Å². The van der Waals surface area contributed by atoms with Gasteiger partial charge in [0.25, 0.3) is 0 Å². The Balaban J connectivity index is 0.000000150. The summed E-state index contributed by atoms with van der Waals surface area (Å²) >= 11 is 3.30. The number of fused-ring (bicyclic) bond motifs is 8. The first-order valence-corrected chi connectivity index (χ1v) is 23.3. The van der Waals surface area contributed by atoms with E-state index in [4.69, 9.17) is 9.47 Å². The number of carbonyl (C=O) groups is 2. The van der Waals surface area contributed by atoms with E-state index in [0.29, 0.717) is 44.7 Å². The second-order valence-corrected chi connectivity index (χ2v) is 19.2. The number of aliphatic imine (C=N–C) groups is 2. The molecular weight excluding hydrogens is 835 g/mol. The van der Waals surface area contributed by atoms with Gasteiger partial charge in [-0.3, -0.25) is 19.6 Å². The molecule has 0 bridgehead atoms. The fourth-order valence-electron chi connectivity index (χ4n) is 9.79. The molecule has 7 heterocycles. The minimum atomic E-state index is -0.706. The number of carbonyl (C=O) groups excluding carboxylic acids is 1. The number of anilines is 4. The number of ether oxygens (including phenoxy) is 2. The molecule has 14 nitrogen and oxygen atoms in total. The average molecular weight is 884 g/mol. The number of rotatable bonds is 10. The monoisotopic (exact) mass is 883 g/mol. The molecule has 0 saturated carbocycles. The quantitative estimate of drug-likeness (QED) is 0.120. The predicted octanol–water partition coefficient (Wildman–Crippen LogP) is 8.84. The minimum absolute atomic E-state index is 0.280. The van der Waals surface area contributed by atoms with Gasteiger partial charge in [0.1, 0.15) is 45.5 Å². The smallest absolute Gasteiger partial charge is 0.309 e. The first kappa shape index (κ1) is 41.0. The zero-order valence-corrected chi connectivity index (χ0v) is 37.5. The highest BCUT2D eigenvalue weighted by Crippen LogP contribution is 2.49. The Kier molecular flexibility index (Phi) is 10.6. The number of aryl methyl sites for hydroxylation is 2. The van der Waals surface area contributed by atoms with Gasteiger partial charge in [0.05, 0.1) is 60.3 Å². The molecule has 5 aliphatic rings. The topological polar surface area (TPSA) is 176 Å². The van der Waals surface area contributed by atoms with Gasteiger partial charge in [0, 0.05) is 35.3 Å². The van der Waals surface area contributed by atoms with E-state index in [1.165, 1.54) is 21.6 Å². The van der Waals surface area contributed by atoms with Crippen molar-refractivity contribution in [1.82, 2.24) is 24.8 Å². The van der Waals surface area contributed by atoms with Crippen LogP contribution < -0.4 is 20.1 Å². The molecule has 0 unspecified atom stereocenters. The first-order chi connectivity index (χ1) is 30.7. The van der Waals surface area contributed by atoms with Crippen LogP contribution in [0.5, 0.6) is 11.5 Å². The zero-order chi connectivity index (χ0) is 43.5. The molecule has 324 valence electrons. The van der Waals surface area contributed by atoms with Crippen LogP contribution in [0.4, 0.5) is 23.0 Å². The van der Waals surface area contributed by atoms with Gasteiger partial charge in [0.15, 0.2) is 0 Å². The number of hydrogen-bond donors (Lipinski definition) is 3. The third-order valence-corrected chi connectivity index (χ3v) is 16.1. The SMILES string of the molecule is CC[C@@]1(C(=O)N2CCC2)CCc2c(sc3ncnc(Nc4cc5c(cc4OC)CN=C5)c23)C1.CC[C@@]1(C(=O)O)CCc2c(sc3ncnc(Nc4cc5c(cc4OC)CN=C5)c23)C1. The zero-order valence-electron chi connectivity index (χ0n) is 35.8. The van der Waals surface area contributed by atoms with Crippen LogP contribution in [-0.4, -0.2) is 81.6 Å². The standard InChI is InChI=1S/C25H27N5O2S.C22H22N4O3S/c1-3-25(24(31)30-7-4-8-30)6-5-17-20(11-25)33-23-21(17)22(27-14-28-23)29-18-9-15-12-26-13-16(15)10-19(18)32-2;1-3-22(21(27)28)5-4-14-17(8-22)30-20-18(14)19(24-11-25-20)26-15-6-12-9-23-10-13(12)7-16(15)29-2/h9-10,12,14H,3-8,11,13H2,1-2H3,(H,27,28,29);6-7,9,11H,3-5,8,10H2,1-2H3,(H,27,28)(H,24,25,26)/t25-;22-/m11/s1. The molecule has 16 heteroatoms. The number of nitrogens with one attached hydrogen (secondary N) is 2. The fourth-order valence-corrected chi connectivity index (χ4v) is 12.4. The van der Waals surface area contributed by atoms with Crippen LogP contribution in [0, 0.1) is 10.8 Å². The Morgan fingerprint density at radius 1 is 0.730 bits per heavy atom. The molecule has 1 saturated heterocycles. The molecule has 2 aliphatic carbocycles. The summed E-state index contributed by atoms with van der Waals surface area (Å²) in [5, 5.41) is 18.8. The number of likely N-dealkylation sites (tertiary alicyclic amines) is 1. The summed E-state index contributed by atoms with van der Waals surface area (Å²) in [6, 6.07) is 8.16. The van der Waals surface area contributed by atoms with Gasteiger partial charge in [-0.25, -0.2) is 19.9 Å². The van der Waals surface area contributed by atoms with Crippen molar-refractivity contribution in [3.05, 3.63) is 80.1 Å². The summed E-state index contributed by atoms with van der Waals surface area (Å²) < 4.78 is 11.2. The second-order valence-electron chi connectivity index (χ2n) is 17.1. The van der Waals surface area contributed by atoms with Crippen molar-refractivity contribution in [3.8, 4) is 11.5 Å². The van der Waals surface area contributed by atoms with E-state index in [0.717, 1.165) is 122 Å². The van der Waals surface area contributed by atoms with E-state index in [-0.39, 0.29) is 5.41 Å². The summed E-state index contributed by atoms with van der Waals surface area (Å²) in [5.74, 6) is 2.68. The molecule has 63 heavy (non-hydrogen) atoms. The van der Waals surface area contributed by atoms with Gasteiger partial charge in [-0.2, -0.15) is 0 Å². The third-order valence-electron chi connectivity index (χ3n) is 13.9. The number of methoxy groups -OCH3 is 2. The predicted molar refractivity (Wildman–Crippen MR) is 248 cm³/mol. The van der Waals surface area contributed by atoms with Crippen molar-refractivity contribution >= 4 is 90.4 Å². The molecule has 3 N–H and O–H groups in total. The summed E-state index contributed by atoms with van der Waals surface area (Å²) in [5.41, 5.74) is 7.69. The van der Waals surface area contributed by atoms with Crippen molar-refractivity contribution in [2.45, 2.75) is 84.7 Å². The van der Waals surface area contributed by atoms with Gasteiger partial charge in [0.2, 0.25) is 5.91 Å². The highest BCUT2D eigenvalue weighted by Gasteiger charge is 2.45. The van der Waals surface area contributed by atoms with E-state index in [9.17, 15) is 14.7 Å². The lowest BCUT2D eigenvalue weighted by Crippen LogP contribution is -2.51. The third kappa shape index (κ3) is 7.07. The Morgan fingerprint density at radius 3 is 1.67 bits per heavy atom. The number of aliphatic carboxylic acids is 1. The van der Waals surface area contributed by atoms with E-state index < -0.39 is 11.4 Å². The largest absolute Gasteiger partial charge is 0.495 e. The van der Waals surface area contributed by atoms with Crippen LogP contribution in [0.3, 0.4) is 0 Å². The molecule has 1 fully saturated rings. The Labute approximate surface area is 372 Å². The summed E-state index contributed by atoms with van der Waals surface area (Å²) in [6.07, 6.45) is 14.0. The number of amides is 1. The number of carboxylic acid groups (broad SMARTS) is 1. The first-order valence-electron chi connectivity index (χ1n) is 21.6. The van der Waals surface area contributed by atoms with Crippen LogP contribution in [0.25, 0.3) is 20.4 Å². The Hall–Kier alpha value is -6.00. The van der Waals surface area contributed by atoms with Gasteiger partial charge in [-0.15, -0.1) is 22.7 Å². The van der Waals surface area contributed by atoms with Crippen LogP contribution in [0.2, 0.25) is 0 Å². The summed E-state index contributed by atoms with van der Waals surface area (Å²) in [7, 11) is 3.34.